The minimum atomic E-state index is -4.17. The van der Waals surface area contributed by atoms with Crippen LogP contribution in [-0.2, 0) is 37.3 Å². The Kier molecular flexibility index (Phi) is 5.13. The normalized spacial score (nSPS) is 20.9. The van der Waals surface area contributed by atoms with Crippen molar-refractivity contribution in [3.05, 3.63) is 94.5 Å². The van der Waals surface area contributed by atoms with Gasteiger partial charge < -0.3 is 4.90 Å². The number of rotatable bonds is 4. The number of hydrogen-bond acceptors (Lipinski definition) is 4. The molecule has 34 heavy (non-hydrogen) atoms. The molecule has 1 saturated heterocycles. The average molecular weight is 475 g/mol. The van der Waals surface area contributed by atoms with Gasteiger partial charge in [0.25, 0.3) is 10.8 Å². The number of sulfone groups is 1. The van der Waals surface area contributed by atoms with Crippen LogP contribution in [0.3, 0.4) is 0 Å². The van der Waals surface area contributed by atoms with Crippen LogP contribution in [0.15, 0.2) is 66.7 Å². The second-order valence-corrected chi connectivity index (χ2v) is 11.1. The Morgan fingerprint density at radius 2 is 1.71 bits per heavy atom. The Bertz CT molecular complexity index is 1450. The fraction of sp³-hybridized carbons (Fsp3) is 0.259. The SMILES string of the molecule is CCc1cccc(N2C(=O)CS(=O)(=O)C23C(=O)N(Cc2cc(C)ccc2C)c2ccccc23)c1. The number of amides is 2. The van der Waals surface area contributed by atoms with Gasteiger partial charge in [0, 0.05) is 11.3 Å². The van der Waals surface area contributed by atoms with Gasteiger partial charge in [0.2, 0.25) is 5.91 Å². The number of fused-ring (bicyclic) bond motifs is 2. The molecule has 0 radical (unpaired) electrons. The smallest absolute Gasteiger partial charge is 0.274 e. The predicted molar refractivity (Wildman–Crippen MR) is 132 cm³/mol. The van der Waals surface area contributed by atoms with Gasteiger partial charge in [-0.2, -0.15) is 0 Å². The lowest BCUT2D eigenvalue weighted by molar-refractivity contribution is -0.123. The third-order valence-corrected chi connectivity index (χ3v) is 8.94. The Labute approximate surface area is 199 Å². The molecule has 6 nitrogen and oxygen atoms in total. The Morgan fingerprint density at radius 1 is 0.941 bits per heavy atom. The van der Waals surface area contributed by atoms with Crippen LogP contribution in [-0.4, -0.2) is 26.0 Å². The van der Waals surface area contributed by atoms with Crippen LogP contribution >= 0.6 is 0 Å². The first kappa shape index (κ1) is 22.3. The fourth-order valence-electron chi connectivity index (χ4n) is 5.11. The summed E-state index contributed by atoms with van der Waals surface area (Å²) in [6, 6.07) is 20.1. The van der Waals surface area contributed by atoms with E-state index in [-0.39, 0.29) is 6.54 Å². The van der Waals surface area contributed by atoms with Gasteiger partial charge in [-0.25, -0.2) is 8.42 Å². The molecule has 3 aromatic carbocycles. The molecule has 2 aliphatic heterocycles. The molecule has 0 bridgehead atoms. The molecule has 0 N–H and O–H groups in total. The average Bonchev–Trinajstić information content (AvgIpc) is 3.19. The van der Waals surface area contributed by atoms with Gasteiger partial charge in [0.05, 0.1) is 12.2 Å². The largest absolute Gasteiger partial charge is 0.304 e. The van der Waals surface area contributed by atoms with E-state index in [1.807, 2.05) is 45.0 Å². The van der Waals surface area contributed by atoms with Gasteiger partial charge in [-0.3, -0.25) is 14.5 Å². The molecule has 1 unspecified atom stereocenters. The van der Waals surface area contributed by atoms with E-state index < -0.39 is 32.3 Å². The number of carbonyl (C=O) groups excluding carboxylic acids is 2. The van der Waals surface area contributed by atoms with Crippen LogP contribution in [0.25, 0.3) is 0 Å². The number of nitrogens with zero attached hydrogens (tertiary/aromatic N) is 2. The monoisotopic (exact) mass is 474 g/mol. The molecule has 1 spiro atoms. The highest BCUT2D eigenvalue weighted by Crippen LogP contribution is 2.52. The molecule has 3 aromatic rings. The summed E-state index contributed by atoms with van der Waals surface area (Å²) in [6.07, 6.45) is 0.721. The molecule has 1 atom stereocenters. The van der Waals surface area contributed by atoms with E-state index in [0.29, 0.717) is 16.9 Å². The molecule has 0 saturated carbocycles. The van der Waals surface area contributed by atoms with E-state index in [2.05, 4.69) is 0 Å². The van der Waals surface area contributed by atoms with Gasteiger partial charge in [-0.05, 0) is 55.2 Å². The zero-order valence-electron chi connectivity index (χ0n) is 19.4. The first-order valence-electron chi connectivity index (χ1n) is 11.3. The third kappa shape index (κ3) is 3.03. The van der Waals surface area contributed by atoms with E-state index >= 15 is 0 Å². The maximum Gasteiger partial charge on any atom is 0.274 e. The molecule has 2 aliphatic rings. The molecule has 1 fully saturated rings. The first-order valence-corrected chi connectivity index (χ1v) is 13.0. The number of benzene rings is 3. The molecular weight excluding hydrogens is 448 g/mol. The third-order valence-electron chi connectivity index (χ3n) is 6.83. The van der Waals surface area contributed by atoms with Gasteiger partial charge in [-0.1, -0.05) is 61.0 Å². The maximum absolute atomic E-state index is 14.2. The van der Waals surface area contributed by atoms with Crippen molar-refractivity contribution in [2.24, 2.45) is 0 Å². The second-order valence-electron chi connectivity index (χ2n) is 8.99. The summed E-state index contributed by atoms with van der Waals surface area (Å²) < 4.78 is 27.4. The predicted octanol–water partition coefficient (Wildman–Crippen LogP) is 4.03. The summed E-state index contributed by atoms with van der Waals surface area (Å²) in [4.78, 5) is 28.1. The van der Waals surface area contributed by atoms with Gasteiger partial charge >= 0.3 is 0 Å². The molecule has 0 aliphatic carbocycles. The van der Waals surface area contributed by atoms with Crippen molar-refractivity contribution >= 4 is 33.0 Å². The topological polar surface area (TPSA) is 74.8 Å². The van der Waals surface area contributed by atoms with E-state index in [9.17, 15) is 18.0 Å². The molecule has 5 rings (SSSR count). The summed E-state index contributed by atoms with van der Waals surface area (Å²) in [5.74, 6) is -1.91. The molecular formula is C27H26N2O4S. The molecule has 7 heteroatoms. The van der Waals surface area contributed by atoms with Crippen LogP contribution < -0.4 is 9.80 Å². The minimum Gasteiger partial charge on any atom is -0.304 e. The fourth-order valence-corrected chi connectivity index (χ4v) is 7.14. The molecule has 174 valence electrons. The van der Waals surface area contributed by atoms with Crippen LogP contribution in [0, 0.1) is 13.8 Å². The van der Waals surface area contributed by atoms with E-state index in [1.165, 1.54) is 9.80 Å². The number of hydrogen-bond donors (Lipinski definition) is 0. The Hall–Kier alpha value is -3.45. The molecule has 0 aromatic heterocycles. The summed E-state index contributed by atoms with van der Waals surface area (Å²) in [5.41, 5.74) is 5.22. The lowest BCUT2D eigenvalue weighted by Gasteiger charge is -2.33. The van der Waals surface area contributed by atoms with Crippen LogP contribution in [0.2, 0.25) is 0 Å². The lowest BCUT2D eigenvalue weighted by Crippen LogP contribution is -2.54. The van der Waals surface area contributed by atoms with Crippen molar-refractivity contribution in [2.45, 2.75) is 38.6 Å². The molecule has 2 amide bonds. The van der Waals surface area contributed by atoms with Crippen LogP contribution in [0.5, 0.6) is 0 Å². The van der Waals surface area contributed by atoms with E-state index in [0.717, 1.165) is 28.7 Å². The van der Waals surface area contributed by atoms with Crippen LogP contribution in [0.4, 0.5) is 11.4 Å². The van der Waals surface area contributed by atoms with E-state index in [4.69, 9.17) is 0 Å². The van der Waals surface area contributed by atoms with E-state index in [1.54, 1.807) is 42.5 Å². The number of carbonyl (C=O) groups is 2. The van der Waals surface area contributed by atoms with Crippen LogP contribution in [0.1, 0.15) is 34.7 Å². The second kappa shape index (κ2) is 7.81. The van der Waals surface area contributed by atoms with Crippen molar-refractivity contribution in [1.29, 1.82) is 0 Å². The van der Waals surface area contributed by atoms with Gasteiger partial charge in [0.15, 0.2) is 9.84 Å². The summed E-state index contributed by atoms with van der Waals surface area (Å²) in [6.45, 7) is 6.15. The van der Waals surface area contributed by atoms with Gasteiger partial charge in [0.1, 0.15) is 5.75 Å². The summed E-state index contributed by atoms with van der Waals surface area (Å²) >= 11 is 0. The minimum absolute atomic E-state index is 0.220. The van der Waals surface area contributed by atoms with Crippen molar-refractivity contribution in [2.75, 3.05) is 15.6 Å². The van der Waals surface area contributed by atoms with Crippen molar-refractivity contribution < 1.29 is 18.0 Å². The first-order chi connectivity index (χ1) is 16.2. The number of para-hydroxylation sites is 1. The highest BCUT2D eigenvalue weighted by Gasteiger charge is 2.69. The zero-order chi connectivity index (χ0) is 24.3. The Balaban J connectivity index is 1.74. The highest BCUT2D eigenvalue weighted by molar-refractivity contribution is 7.94. The highest BCUT2D eigenvalue weighted by atomic mass is 32.2. The number of anilines is 2. The Morgan fingerprint density at radius 3 is 2.47 bits per heavy atom. The zero-order valence-corrected chi connectivity index (χ0v) is 20.2. The lowest BCUT2D eigenvalue weighted by atomic mass is 10.0. The quantitative estimate of drug-likeness (QED) is 0.572. The standard InChI is InChI=1S/C27H26N2O4S/c1-4-20-8-7-9-22(15-20)29-25(30)17-34(32,33)27(29)23-10-5-6-11-24(23)28(26(27)31)16-21-14-18(2)12-13-19(21)3/h5-15H,4,16-17H2,1-3H3. The summed E-state index contributed by atoms with van der Waals surface area (Å²) in [7, 11) is -4.17. The summed E-state index contributed by atoms with van der Waals surface area (Å²) in [5, 5.41) is 0. The van der Waals surface area contributed by atoms with Crippen molar-refractivity contribution in [1.82, 2.24) is 0 Å². The van der Waals surface area contributed by atoms with Crippen molar-refractivity contribution in [3.8, 4) is 0 Å². The van der Waals surface area contributed by atoms with Gasteiger partial charge in [-0.15, -0.1) is 0 Å². The van der Waals surface area contributed by atoms with Crippen molar-refractivity contribution in [3.63, 3.8) is 0 Å². The number of aryl methyl sites for hydroxylation is 3. The molecule has 2 heterocycles. The maximum atomic E-state index is 14.2.